The molecule has 35 heavy (non-hydrogen) atoms. The zero-order chi connectivity index (χ0) is 23.8. The van der Waals surface area contributed by atoms with Crippen molar-refractivity contribution in [2.24, 2.45) is 7.05 Å². The molecule has 2 N–H and O–H groups in total. The fraction of sp³-hybridized carbons (Fsp3) is 0.185. The van der Waals surface area contributed by atoms with Crippen LogP contribution in [0.4, 0.5) is 5.82 Å². The van der Waals surface area contributed by atoms with Gasteiger partial charge >= 0.3 is 0 Å². The Morgan fingerprint density at radius 3 is 2.57 bits per heavy atom. The Labute approximate surface area is 202 Å². The highest BCUT2D eigenvalue weighted by atomic mass is 16.2. The second kappa shape index (κ2) is 8.72. The zero-order valence-electron chi connectivity index (χ0n) is 19.3. The number of hydrogen-bond donors (Lipinski definition) is 2. The Hall–Kier alpha value is -4.46. The van der Waals surface area contributed by atoms with Crippen molar-refractivity contribution in [3.8, 4) is 22.3 Å². The summed E-state index contributed by atoms with van der Waals surface area (Å²) in [5.41, 5.74) is 5.67. The molecule has 1 amide bonds. The number of amides is 1. The van der Waals surface area contributed by atoms with E-state index in [0.717, 1.165) is 45.5 Å². The van der Waals surface area contributed by atoms with Gasteiger partial charge in [0.15, 0.2) is 11.5 Å². The number of H-pyrrole nitrogens is 1. The second-order valence-electron chi connectivity index (χ2n) is 8.92. The molecule has 3 aromatic heterocycles. The van der Waals surface area contributed by atoms with Crippen LogP contribution in [0.15, 0.2) is 79.3 Å². The minimum absolute atomic E-state index is 0.0568. The summed E-state index contributed by atoms with van der Waals surface area (Å²) in [6, 6.07) is 20.2. The van der Waals surface area contributed by atoms with Crippen LogP contribution in [0, 0.1) is 0 Å². The number of carbonyl (C=O) groups excluding carboxylic acids is 1. The number of fused-ring (bicyclic) bond motifs is 1. The normalized spacial score (nSPS) is 15.6. The number of rotatable bonds is 5. The summed E-state index contributed by atoms with van der Waals surface area (Å²) in [6.07, 6.45) is 6.46. The molecule has 1 saturated heterocycles. The van der Waals surface area contributed by atoms with Gasteiger partial charge < -0.3 is 10.2 Å². The third-order valence-corrected chi connectivity index (χ3v) is 6.51. The van der Waals surface area contributed by atoms with Crippen LogP contribution in [0.5, 0.6) is 0 Å². The maximum Gasteiger partial charge on any atom is 0.253 e. The molecule has 1 atom stereocenters. The highest BCUT2D eigenvalue weighted by Gasteiger charge is 2.28. The molecule has 2 aromatic carbocycles. The Morgan fingerprint density at radius 1 is 1.00 bits per heavy atom. The molecule has 174 valence electrons. The van der Waals surface area contributed by atoms with Crippen molar-refractivity contribution in [3.63, 3.8) is 0 Å². The molecule has 1 aliphatic heterocycles. The molecule has 0 unspecified atom stereocenters. The predicted octanol–water partition coefficient (Wildman–Crippen LogP) is 4.35. The van der Waals surface area contributed by atoms with Crippen LogP contribution in [0.1, 0.15) is 16.8 Å². The van der Waals surface area contributed by atoms with E-state index in [1.807, 2.05) is 73.0 Å². The van der Waals surface area contributed by atoms with Gasteiger partial charge in [-0.15, -0.1) is 0 Å². The van der Waals surface area contributed by atoms with Gasteiger partial charge in [0, 0.05) is 55.3 Å². The molecule has 1 fully saturated rings. The Morgan fingerprint density at radius 2 is 1.80 bits per heavy atom. The molecule has 4 heterocycles. The second-order valence-corrected chi connectivity index (χ2v) is 8.92. The van der Waals surface area contributed by atoms with E-state index in [9.17, 15) is 4.79 Å². The van der Waals surface area contributed by atoms with Crippen molar-refractivity contribution < 1.29 is 4.79 Å². The van der Waals surface area contributed by atoms with Crippen LogP contribution in [-0.2, 0) is 7.05 Å². The molecular formula is C27H25N7O. The predicted molar refractivity (Wildman–Crippen MR) is 136 cm³/mol. The summed E-state index contributed by atoms with van der Waals surface area (Å²) in [6.45, 7) is 1.34. The van der Waals surface area contributed by atoms with E-state index < -0.39 is 0 Å². The number of aromatic amines is 1. The minimum Gasteiger partial charge on any atom is -0.363 e. The number of anilines is 1. The fourth-order valence-corrected chi connectivity index (χ4v) is 4.62. The molecule has 6 rings (SSSR count). The number of pyridine rings is 1. The summed E-state index contributed by atoms with van der Waals surface area (Å²) in [4.78, 5) is 19.5. The van der Waals surface area contributed by atoms with Gasteiger partial charge in [-0.25, -0.2) is 4.98 Å². The van der Waals surface area contributed by atoms with Crippen molar-refractivity contribution in [2.75, 3.05) is 18.4 Å². The maximum atomic E-state index is 13.1. The molecule has 0 bridgehead atoms. The zero-order valence-corrected chi connectivity index (χ0v) is 19.3. The summed E-state index contributed by atoms with van der Waals surface area (Å²) in [5, 5.41) is 16.1. The van der Waals surface area contributed by atoms with Crippen molar-refractivity contribution in [2.45, 2.75) is 12.5 Å². The van der Waals surface area contributed by atoms with E-state index in [4.69, 9.17) is 0 Å². The molecule has 1 aliphatic rings. The largest absolute Gasteiger partial charge is 0.363 e. The molecule has 0 aliphatic carbocycles. The number of carbonyl (C=O) groups is 1. The molecule has 0 radical (unpaired) electrons. The van der Waals surface area contributed by atoms with Gasteiger partial charge in [-0.1, -0.05) is 42.5 Å². The highest BCUT2D eigenvalue weighted by Crippen LogP contribution is 2.27. The number of aromatic nitrogens is 5. The summed E-state index contributed by atoms with van der Waals surface area (Å²) in [7, 11) is 1.89. The highest BCUT2D eigenvalue weighted by molar-refractivity contribution is 5.95. The summed E-state index contributed by atoms with van der Waals surface area (Å²) < 4.78 is 1.77. The van der Waals surface area contributed by atoms with Gasteiger partial charge in [0.1, 0.15) is 0 Å². The number of nitrogens with zero attached hydrogens (tertiary/aromatic N) is 5. The molecule has 0 saturated carbocycles. The Kier molecular flexibility index (Phi) is 5.25. The van der Waals surface area contributed by atoms with E-state index in [0.29, 0.717) is 18.7 Å². The quantitative estimate of drug-likeness (QED) is 0.404. The fourth-order valence-electron chi connectivity index (χ4n) is 4.62. The first-order valence-electron chi connectivity index (χ1n) is 11.7. The van der Waals surface area contributed by atoms with Crippen molar-refractivity contribution in [3.05, 3.63) is 84.8 Å². The van der Waals surface area contributed by atoms with Crippen molar-refractivity contribution in [1.82, 2.24) is 29.9 Å². The third kappa shape index (κ3) is 4.14. The number of nitrogens with one attached hydrogen (secondary N) is 2. The maximum absolute atomic E-state index is 13.1. The molecule has 5 aromatic rings. The van der Waals surface area contributed by atoms with E-state index in [2.05, 4.69) is 43.8 Å². The number of likely N-dealkylation sites (tertiary alicyclic amines) is 1. The van der Waals surface area contributed by atoms with E-state index >= 15 is 0 Å². The third-order valence-electron chi connectivity index (χ3n) is 6.51. The first kappa shape index (κ1) is 21.1. The smallest absolute Gasteiger partial charge is 0.253 e. The van der Waals surface area contributed by atoms with E-state index in [1.54, 1.807) is 4.68 Å². The molecule has 0 spiro atoms. The Balaban J connectivity index is 1.15. The monoisotopic (exact) mass is 463 g/mol. The average molecular weight is 464 g/mol. The van der Waals surface area contributed by atoms with Gasteiger partial charge in [-0.2, -0.15) is 10.2 Å². The van der Waals surface area contributed by atoms with E-state index in [1.165, 1.54) is 0 Å². The van der Waals surface area contributed by atoms with Crippen molar-refractivity contribution >= 4 is 22.8 Å². The SMILES string of the molecule is Cn1cc(-c2cnc3[nH]nc(N[C@@H]4CCN(C(=O)c5ccc(-c6ccccc6)cc5)C4)c3c2)cn1. The van der Waals surface area contributed by atoms with Crippen LogP contribution >= 0.6 is 0 Å². The molecular weight excluding hydrogens is 438 g/mol. The van der Waals surface area contributed by atoms with Gasteiger partial charge in [-0.3, -0.25) is 14.6 Å². The lowest BCUT2D eigenvalue weighted by Crippen LogP contribution is -2.31. The summed E-state index contributed by atoms with van der Waals surface area (Å²) in [5.74, 6) is 0.811. The lowest BCUT2D eigenvalue weighted by atomic mass is 10.0. The topological polar surface area (TPSA) is 91.7 Å². The minimum atomic E-state index is 0.0568. The van der Waals surface area contributed by atoms with Gasteiger partial charge in [-0.05, 0) is 35.7 Å². The van der Waals surface area contributed by atoms with Crippen LogP contribution in [-0.4, -0.2) is 54.9 Å². The summed E-state index contributed by atoms with van der Waals surface area (Å²) >= 11 is 0. The lowest BCUT2D eigenvalue weighted by Gasteiger charge is -2.17. The molecule has 8 heteroatoms. The molecule has 8 nitrogen and oxygen atoms in total. The first-order valence-corrected chi connectivity index (χ1v) is 11.7. The number of benzene rings is 2. The van der Waals surface area contributed by atoms with Crippen molar-refractivity contribution in [1.29, 1.82) is 0 Å². The Bertz CT molecular complexity index is 1490. The van der Waals surface area contributed by atoms with Gasteiger partial charge in [0.2, 0.25) is 0 Å². The standard InChI is InChI=1S/C27H25N7O/c1-33-16-22(15-29-33)21-13-24-25(28-14-21)31-32-26(24)30-23-11-12-34(17-23)27(35)20-9-7-19(8-10-20)18-5-3-2-4-6-18/h2-10,13-16,23H,11-12,17H2,1H3,(H2,28,30,31,32)/t23-/m1/s1. The number of hydrogen-bond acceptors (Lipinski definition) is 5. The van der Waals surface area contributed by atoms with E-state index in [-0.39, 0.29) is 11.9 Å². The van der Waals surface area contributed by atoms with Crippen LogP contribution < -0.4 is 5.32 Å². The lowest BCUT2D eigenvalue weighted by molar-refractivity contribution is 0.0791. The van der Waals surface area contributed by atoms with Crippen LogP contribution in [0.25, 0.3) is 33.3 Å². The first-order chi connectivity index (χ1) is 17.1. The van der Waals surface area contributed by atoms with Gasteiger partial charge in [0.05, 0.1) is 11.6 Å². The average Bonchev–Trinajstić information content (AvgIpc) is 3.65. The number of aryl methyl sites for hydroxylation is 1. The van der Waals surface area contributed by atoms with Crippen LogP contribution in [0.3, 0.4) is 0 Å². The van der Waals surface area contributed by atoms with Gasteiger partial charge in [0.25, 0.3) is 5.91 Å². The van der Waals surface area contributed by atoms with Crippen LogP contribution in [0.2, 0.25) is 0 Å².